The van der Waals surface area contributed by atoms with E-state index in [2.05, 4.69) is 4.72 Å². The van der Waals surface area contributed by atoms with Crippen molar-refractivity contribution in [2.45, 2.75) is 63.4 Å². The molecule has 43 heavy (non-hydrogen) atoms. The molecule has 2 atom stereocenters. The molecule has 1 N–H and O–H groups in total. The number of nitrogens with zero attached hydrogens (tertiary/aromatic N) is 1. The minimum atomic E-state index is -4.06. The van der Waals surface area contributed by atoms with Crippen LogP contribution in [0.15, 0.2) is 70.6 Å². The second kappa shape index (κ2) is 13.2. The maximum absolute atomic E-state index is 14.0. The first-order valence-corrected chi connectivity index (χ1v) is 15.7. The van der Waals surface area contributed by atoms with E-state index >= 15 is 0 Å². The van der Waals surface area contributed by atoms with Crippen molar-refractivity contribution in [2.75, 3.05) is 21.3 Å². The van der Waals surface area contributed by atoms with E-state index in [-0.39, 0.29) is 23.1 Å². The average Bonchev–Trinajstić information content (AvgIpc) is 3.30. The molecule has 10 heteroatoms. The predicted molar refractivity (Wildman–Crippen MR) is 166 cm³/mol. The number of benzene rings is 3. The van der Waals surface area contributed by atoms with E-state index < -0.39 is 27.6 Å². The van der Waals surface area contributed by atoms with Crippen LogP contribution in [0.4, 0.5) is 0 Å². The van der Waals surface area contributed by atoms with Crippen molar-refractivity contribution in [1.29, 1.82) is 0 Å². The smallest absolute Gasteiger partial charge is 0.342 e. The Morgan fingerprint density at radius 3 is 2.05 bits per heavy atom. The van der Waals surface area contributed by atoms with Crippen molar-refractivity contribution in [3.8, 4) is 17.2 Å². The van der Waals surface area contributed by atoms with E-state index in [9.17, 15) is 13.2 Å². The summed E-state index contributed by atoms with van der Waals surface area (Å²) in [6, 6.07) is 17.5. The lowest BCUT2D eigenvalue weighted by atomic mass is 9.81. The molecule has 0 saturated heterocycles. The Hall–Kier alpha value is -3.89. The number of aryl methyl sites for hydroxylation is 3. The van der Waals surface area contributed by atoms with Crippen LogP contribution in [0.2, 0.25) is 0 Å². The second-order valence-corrected chi connectivity index (χ2v) is 12.8. The number of carbonyl (C=O) groups is 1. The molecule has 9 nitrogen and oxygen atoms in total. The van der Waals surface area contributed by atoms with E-state index in [1.807, 2.05) is 50.2 Å². The monoisotopic (exact) mass is 608 g/mol. The molecule has 0 aromatic heterocycles. The number of methoxy groups -OCH3 is 3. The first kappa shape index (κ1) is 32.0. The van der Waals surface area contributed by atoms with E-state index in [0.717, 1.165) is 5.56 Å². The van der Waals surface area contributed by atoms with Gasteiger partial charge in [0.1, 0.15) is 0 Å². The minimum Gasteiger partial charge on any atom is -0.493 e. The van der Waals surface area contributed by atoms with Crippen LogP contribution >= 0.6 is 0 Å². The van der Waals surface area contributed by atoms with E-state index in [1.165, 1.54) is 21.3 Å². The predicted octanol–water partition coefficient (Wildman–Crippen LogP) is 5.40. The molecular formula is C33H40N2O7S. The third kappa shape index (κ3) is 6.70. The van der Waals surface area contributed by atoms with Crippen LogP contribution in [0.3, 0.4) is 0 Å². The number of esters is 1. The molecule has 0 fully saturated rings. The fourth-order valence-corrected chi connectivity index (χ4v) is 7.48. The number of nitrogens with one attached hydrogen (secondary N) is 1. The molecule has 230 valence electrons. The van der Waals surface area contributed by atoms with Gasteiger partial charge in [-0.05, 0) is 67.9 Å². The van der Waals surface area contributed by atoms with Crippen molar-refractivity contribution in [3.05, 3.63) is 82.9 Å². The van der Waals surface area contributed by atoms with Gasteiger partial charge >= 0.3 is 5.97 Å². The average molecular weight is 609 g/mol. The fraction of sp³-hybridized carbons (Fsp3) is 0.394. The lowest BCUT2D eigenvalue weighted by molar-refractivity contribution is -0.140. The van der Waals surface area contributed by atoms with E-state index in [1.54, 1.807) is 38.1 Å². The summed E-state index contributed by atoms with van der Waals surface area (Å²) in [5, 5.41) is 0. The molecule has 3 aromatic rings. The van der Waals surface area contributed by atoms with E-state index in [4.69, 9.17) is 23.9 Å². The van der Waals surface area contributed by atoms with Crippen molar-refractivity contribution in [3.63, 3.8) is 0 Å². The fourth-order valence-electron chi connectivity index (χ4n) is 5.69. The first-order valence-electron chi connectivity index (χ1n) is 14.2. The lowest BCUT2D eigenvalue weighted by Crippen LogP contribution is -2.55. The molecular weight excluding hydrogens is 568 g/mol. The molecule has 0 spiro atoms. The lowest BCUT2D eigenvalue weighted by Gasteiger charge is -2.33. The van der Waals surface area contributed by atoms with Crippen LogP contribution < -0.4 is 18.9 Å². The normalized spacial score (nSPS) is 17.4. The molecule has 3 aromatic carbocycles. The standard InChI is InChI=1S/C33H40N2O7S/c1-21(2)20-33(32(36)42-31(34-33)25-18-26(39-5)29(41-7)27(19-25)40-6)28(17-16-24-14-9-8-10-15-24)35-43(37,38)30-22(3)12-11-13-23(30)4/h8-15,18-19,21,28,35H,16-17,20H2,1-7H3/t28-,33+/m1/s1. The largest absolute Gasteiger partial charge is 0.493 e. The van der Waals surface area contributed by atoms with Crippen molar-refractivity contribution in [1.82, 2.24) is 4.72 Å². The van der Waals surface area contributed by atoms with Crippen LogP contribution in [-0.2, 0) is 26.0 Å². The Morgan fingerprint density at radius 2 is 1.51 bits per heavy atom. The Bertz CT molecular complexity index is 1560. The van der Waals surface area contributed by atoms with Crippen molar-refractivity contribution in [2.24, 2.45) is 10.9 Å². The SMILES string of the molecule is COc1cc(C2=N[C@@](CC(C)C)([C@@H](CCc3ccccc3)NS(=O)(=O)c3c(C)cccc3C)C(=O)O2)cc(OC)c1OC. The molecule has 1 aliphatic heterocycles. The summed E-state index contributed by atoms with van der Waals surface area (Å²) in [6.07, 6.45) is 1.08. The van der Waals surface area contributed by atoms with Gasteiger partial charge < -0.3 is 18.9 Å². The van der Waals surface area contributed by atoms with Gasteiger partial charge in [0.25, 0.3) is 0 Å². The van der Waals surface area contributed by atoms with Crippen molar-refractivity contribution < 1.29 is 32.2 Å². The summed E-state index contributed by atoms with van der Waals surface area (Å²) in [4.78, 5) is 19.1. The zero-order valence-electron chi connectivity index (χ0n) is 25.8. The number of hydrogen-bond acceptors (Lipinski definition) is 8. The Labute approximate surface area is 254 Å². The van der Waals surface area contributed by atoms with Gasteiger partial charge in [-0.15, -0.1) is 0 Å². The highest BCUT2D eigenvalue weighted by atomic mass is 32.2. The van der Waals surface area contributed by atoms with Gasteiger partial charge in [0, 0.05) is 5.56 Å². The number of cyclic esters (lactones) is 1. The van der Waals surface area contributed by atoms with E-state index in [0.29, 0.717) is 46.8 Å². The summed E-state index contributed by atoms with van der Waals surface area (Å²) in [6.45, 7) is 7.45. The molecule has 0 unspecified atom stereocenters. The summed E-state index contributed by atoms with van der Waals surface area (Å²) in [5.41, 5.74) is 1.15. The summed E-state index contributed by atoms with van der Waals surface area (Å²) < 4.78 is 53.3. The van der Waals surface area contributed by atoms with Crippen molar-refractivity contribution >= 4 is 21.9 Å². The zero-order valence-corrected chi connectivity index (χ0v) is 26.6. The second-order valence-electron chi connectivity index (χ2n) is 11.2. The Kier molecular flexibility index (Phi) is 9.82. The van der Waals surface area contributed by atoms with Gasteiger partial charge in [-0.2, -0.15) is 0 Å². The molecule has 0 radical (unpaired) electrons. The first-order chi connectivity index (χ1) is 20.4. The molecule has 1 aliphatic rings. The highest BCUT2D eigenvalue weighted by Gasteiger charge is 2.53. The molecule has 4 rings (SSSR count). The van der Waals surface area contributed by atoms with Gasteiger partial charge in [0.15, 0.2) is 17.0 Å². The third-order valence-corrected chi connectivity index (χ3v) is 9.37. The molecule has 0 aliphatic carbocycles. The van der Waals surface area contributed by atoms with Gasteiger partial charge in [0.2, 0.25) is 21.7 Å². The van der Waals surface area contributed by atoms with Gasteiger partial charge in [-0.1, -0.05) is 62.4 Å². The number of sulfonamides is 1. The van der Waals surface area contributed by atoms with Gasteiger partial charge in [-0.3, -0.25) is 0 Å². The number of hydrogen-bond donors (Lipinski definition) is 1. The van der Waals surface area contributed by atoms with Crippen LogP contribution in [0.1, 0.15) is 48.9 Å². The van der Waals surface area contributed by atoms with Crippen LogP contribution in [0, 0.1) is 19.8 Å². The zero-order chi connectivity index (χ0) is 31.4. The highest BCUT2D eigenvalue weighted by Crippen LogP contribution is 2.41. The topological polar surface area (TPSA) is 113 Å². The Morgan fingerprint density at radius 1 is 0.907 bits per heavy atom. The van der Waals surface area contributed by atoms with Crippen LogP contribution in [-0.4, -0.2) is 53.2 Å². The quantitative estimate of drug-likeness (QED) is 0.259. The summed E-state index contributed by atoms with van der Waals surface area (Å²) in [5.74, 6) is 0.545. The number of aliphatic imine (C=N–C) groups is 1. The Balaban J connectivity index is 1.86. The van der Waals surface area contributed by atoms with Crippen LogP contribution in [0.5, 0.6) is 17.2 Å². The number of ether oxygens (including phenoxy) is 4. The third-order valence-electron chi connectivity index (χ3n) is 7.59. The maximum Gasteiger partial charge on any atom is 0.342 e. The summed E-state index contributed by atoms with van der Waals surface area (Å²) >= 11 is 0. The molecule has 1 heterocycles. The molecule has 0 bridgehead atoms. The number of carbonyl (C=O) groups excluding carboxylic acids is 1. The minimum absolute atomic E-state index is 0.0143. The maximum atomic E-state index is 14.0. The number of rotatable bonds is 13. The summed E-state index contributed by atoms with van der Waals surface area (Å²) in [7, 11) is 0.434. The van der Waals surface area contributed by atoms with Gasteiger partial charge in [0.05, 0.1) is 32.3 Å². The molecule has 0 amide bonds. The highest BCUT2D eigenvalue weighted by molar-refractivity contribution is 7.89. The van der Waals surface area contributed by atoms with Crippen LogP contribution in [0.25, 0.3) is 0 Å². The molecule has 0 saturated carbocycles. The van der Waals surface area contributed by atoms with Gasteiger partial charge in [-0.25, -0.2) is 22.9 Å².